The Bertz CT molecular complexity index is 995. The number of nitrogens with zero attached hydrogens (tertiary/aromatic N) is 2. The van der Waals surface area contributed by atoms with E-state index < -0.39 is 66.3 Å². The summed E-state index contributed by atoms with van der Waals surface area (Å²) in [5.74, 6) is 0.187. The van der Waals surface area contributed by atoms with Crippen LogP contribution in [0.2, 0.25) is 0 Å². The molecule has 0 aromatic carbocycles. The van der Waals surface area contributed by atoms with Gasteiger partial charge in [0.05, 0.1) is 43.6 Å². The summed E-state index contributed by atoms with van der Waals surface area (Å²) in [5, 5.41) is 54.8. The summed E-state index contributed by atoms with van der Waals surface area (Å²) in [7, 11) is 1.44. The Morgan fingerprint density at radius 3 is 2.44 bits per heavy atom. The maximum absolute atomic E-state index is 11.6. The van der Waals surface area contributed by atoms with Gasteiger partial charge in [0.2, 0.25) is 0 Å². The van der Waals surface area contributed by atoms with Crippen molar-refractivity contribution in [2.24, 2.45) is 32.9 Å². The van der Waals surface area contributed by atoms with E-state index in [0.29, 0.717) is 31.5 Å². The lowest BCUT2D eigenvalue weighted by atomic mass is 9.83. The second-order valence-corrected chi connectivity index (χ2v) is 11.7. The fraction of sp³-hybridized carbons (Fsp3) is 0.880. The van der Waals surface area contributed by atoms with E-state index in [1.807, 2.05) is 0 Å². The molecule has 2 heterocycles. The van der Waals surface area contributed by atoms with Crippen LogP contribution in [0, 0.1) is 5.41 Å². The molecule has 16 nitrogen and oxygen atoms in total. The second-order valence-electron chi connectivity index (χ2n) is 11.7. The van der Waals surface area contributed by atoms with Crippen LogP contribution in [0.25, 0.3) is 0 Å². The molecule has 6 unspecified atom stereocenters. The number of hydrogen-bond acceptors (Lipinski definition) is 14. The first kappa shape index (κ1) is 32.1. The molecule has 4 rings (SSSR count). The SMILES string of the molecule is CN=C1C(O)[C@@H](OC2C(O)C(O[C@H]3O[C@H](CN=C(N)CN)CCC3N)[C@@H](N)C[C@H]2NC(=N)C2(O)CC2)OCC1(C)O. The van der Waals surface area contributed by atoms with Crippen molar-refractivity contribution < 1.29 is 39.4 Å². The third-order valence-electron chi connectivity index (χ3n) is 8.18. The van der Waals surface area contributed by atoms with E-state index in [0.717, 1.165) is 0 Å². The quantitative estimate of drug-likeness (QED) is 0.0911. The fourth-order valence-corrected chi connectivity index (χ4v) is 5.50. The molecule has 14 N–H and O–H groups in total. The van der Waals surface area contributed by atoms with E-state index >= 15 is 0 Å². The van der Waals surface area contributed by atoms with E-state index in [1.54, 1.807) is 0 Å². The number of aliphatic hydroxyl groups is 4. The highest BCUT2D eigenvalue weighted by Crippen LogP contribution is 2.37. The number of hydrogen-bond donors (Lipinski definition) is 10. The van der Waals surface area contributed by atoms with Gasteiger partial charge in [-0.2, -0.15) is 0 Å². The van der Waals surface area contributed by atoms with Gasteiger partial charge in [-0.3, -0.25) is 15.4 Å². The van der Waals surface area contributed by atoms with E-state index in [-0.39, 0.29) is 43.8 Å². The molecule has 41 heavy (non-hydrogen) atoms. The first-order valence-corrected chi connectivity index (χ1v) is 14.0. The number of aliphatic hydroxyl groups excluding tert-OH is 2. The van der Waals surface area contributed by atoms with Crippen molar-refractivity contribution >= 4 is 17.4 Å². The molecule has 0 aromatic rings. The van der Waals surface area contributed by atoms with Crippen LogP contribution in [0.3, 0.4) is 0 Å². The van der Waals surface area contributed by atoms with E-state index in [1.165, 1.54) is 14.0 Å². The van der Waals surface area contributed by atoms with E-state index in [2.05, 4.69) is 15.3 Å². The third kappa shape index (κ3) is 7.22. The van der Waals surface area contributed by atoms with Crippen LogP contribution in [0.1, 0.15) is 39.0 Å². The molecule has 4 fully saturated rings. The normalized spacial score (nSPS) is 44.0. The zero-order valence-corrected chi connectivity index (χ0v) is 23.6. The lowest BCUT2D eigenvalue weighted by Crippen LogP contribution is -2.68. The van der Waals surface area contributed by atoms with Gasteiger partial charge in [0.15, 0.2) is 12.6 Å². The lowest BCUT2D eigenvalue weighted by molar-refractivity contribution is -0.284. The van der Waals surface area contributed by atoms with E-state index in [4.69, 9.17) is 47.3 Å². The molecule has 0 aromatic heterocycles. The largest absolute Gasteiger partial charge is 0.388 e. The van der Waals surface area contributed by atoms with Crippen molar-refractivity contribution in [3.05, 3.63) is 0 Å². The van der Waals surface area contributed by atoms with Crippen LogP contribution < -0.4 is 28.3 Å². The Hall–Kier alpha value is -1.83. The topological polar surface area (TPSA) is 283 Å². The first-order chi connectivity index (χ1) is 19.3. The molecule has 2 aliphatic carbocycles. The monoisotopic (exact) mass is 586 g/mol. The molecule has 0 radical (unpaired) electrons. The molecule has 11 atom stereocenters. The summed E-state index contributed by atoms with van der Waals surface area (Å²) < 4.78 is 24.0. The minimum atomic E-state index is -1.51. The standard InChI is InChI=1S/C25H46N8O8/c1-24(36)10-38-22(17(35)20(24)31-2)41-19-14(33-23(30)25(37)5-6-25)7-13(28)18(16(19)34)40-21-12(27)4-3-11(39-21)9-32-15(29)8-26/h11-14,16-19,21-22,34-37H,3-10,26-28H2,1-2H3,(H2,29,32)(H2,30,33)/t11-,12?,13-,14+,16?,17?,18?,19?,21+,22+,24?/m0/s1. The molecular formula is C25H46N8O8. The van der Waals surface area contributed by atoms with Crippen LogP contribution in [0.15, 0.2) is 9.98 Å². The molecule has 234 valence electrons. The van der Waals surface area contributed by atoms with Gasteiger partial charge in [-0.05, 0) is 39.0 Å². The molecule has 2 saturated carbocycles. The molecule has 0 bridgehead atoms. The summed E-state index contributed by atoms with van der Waals surface area (Å²) in [6, 6.07) is -1.99. The van der Waals surface area contributed by atoms with Crippen LogP contribution >= 0.6 is 0 Å². The van der Waals surface area contributed by atoms with Gasteiger partial charge in [0.25, 0.3) is 0 Å². The highest BCUT2D eigenvalue weighted by Gasteiger charge is 2.52. The maximum atomic E-state index is 11.6. The van der Waals surface area contributed by atoms with Crippen LogP contribution in [0.5, 0.6) is 0 Å². The Morgan fingerprint density at radius 1 is 1.12 bits per heavy atom. The van der Waals surface area contributed by atoms with Crippen molar-refractivity contribution in [3.63, 3.8) is 0 Å². The first-order valence-electron chi connectivity index (χ1n) is 14.0. The van der Waals surface area contributed by atoms with Gasteiger partial charge in [-0.15, -0.1) is 0 Å². The molecule has 2 saturated heterocycles. The van der Waals surface area contributed by atoms with Gasteiger partial charge < -0.3 is 67.6 Å². The average Bonchev–Trinajstić information content (AvgIpc) is 3.68. The minimum Gasteiger partial charge on any atom is -0.388 e. The molecule has 16 heteroatoms. The third-order valence-corrected chi connectivity index (χ3v) is 8.18. The molecule has 4 aliphatic rings. The van der Waals surface area contributed by atoms with Crippen LogP contribution in [-0.4, -0.2) is 137 Å². The Balaban J connectivity index is 1.51. The minimum absolute atomic E-state index is 0.0682. The number of ether oxygens (including phenoxy) is 4. The van der Waals surface area contributed by atoms with Gasteiger partial charge in [0.1, 0.15) is 47.3 Å². The number of aliphatic imine (C=N–C) groups is 2. The van der Waals surface area contributed by atoms with Crippen LogP contribution in [0.4, 0.5) is 0 Å². The zero-order valence-electron chi connectivity index (χ0n) is 23.6. The fourth-order valence-electron chi connectivity index (χ4n) is 5.50. The van der Waals surface area contributed by atoms with Crippen molar-refractivity contribution in [1.82, 2.24) is 5.32 Å². The second kappa shape index (κ2) is 12.8. The Labute approximate surface area is 238 Å². The molecule has 2 aliphatic heterocycles. The summed E-state index contributed by atoms with van der Waals surface area (Å²) in [4.78, 5) is 8.23. The molecule has 0 spiro atoms. The zero-order chi connectivity index (χ0) is 30.1. The lowest BCUT2D eigenvalue weighted by Gasteiger charge is -2.48. The van der Waals surface area contributed by atoms with Crippen LogP contribution in [-0.2, 0) is 18.9 Å². The van der Waals surface area contributed by atoms with E-state index in [9.17, 15) is 20.4 Å². The summed E-state index contributed by atoms with van der Waals surface area (Å²) in [6.45, 7) is 1.66. The summed E-state index contributed by atoms with van der Waals surface area (Å²) in [6.07, 6.45) is -5.23. The Kier molecular flexibility index (Phi) is 10.0. The Morgan fingerprint density at radius 2 is 1.80 bits per heavy atom. The van der Waals surface area contributed by atoms with Crippen molar-refractivity contribution in [2.45, 2.75) is 111 Å². The number of amidine groups is 2. The predicted molar refractivity (Wildman–Crippen MR) is 148 cm³/mol. The summed E-state index contributed by atoms with van der Waals surface area (Å²) >= 11 is 0. The van der Waals surface area contributed by atoms with Gasteiger partial charge >= 0.3 is 0 Å². The van der Waals surface area contributed by atoms with Crippen molar-refractivity contribution in [3.8, 4) is 0 Å². The smallest absolute Gasteiger partial charge is 0.189 e. The highest BCUT2D eigenvalue weighted by atomic mass is 16.7. The predicted octanol–water partition coefficient (Wildman–Crippen LogP) is -4.00. The van der Waals surface area contributed by atoms with Gasteiger partial charge in [-0.1, -0.05) is 0 Å². The van der Waals surface area contributed by atoms with Gasteiger partial charge in [0, 0.05) is 13.1 Å². The average molecular weight is 587 g/mol. The van der Waals surface area contributed by atoms with Crippen molar-refractivity contribution in [2.75, 3.05) is 26.7 Å². The molecule has 0 amide bonds. The maximum Gasteiger partial charge on any atom is 0.189 e. The summed E-state index contributed by atoms with van der Waals surface area (Å²) in [5.41, 5.74) is 21.3. The number of nitrogens with two attached hydrogens (primary N) is 4. The number of rotatable bonds is 9. The van der Waals surface area contributed by atoms with Gasteiger partial charge in [-0.25, -0.2) is 0 Å². The highest BCUT2D eigenvalue weighted by molar-refractivity contribution is 5.96. The number of nitrogens with one attached hydrogen (secondary N) is 2. The molecular weight excluding hydrogens is 540 g/mol. The van der Waals surface area contributed by atoms with Crippen molar-refractivity contribution in [1.29, 1.82) is 5.41 Å².